The zero-order valence-electron chi connectivity index (χ0n) is 17.8. The first-order valence-corrected chi connectivity index (χ1v) is 11.8. The highest BCUT2D eigenvalue weighted by atomic mass is 35.5. The molecule has 33 heavy (non-hydrogen) atoms. The van der Waals surface area contributed by atoms with Gasteiger partial charge in [0.15, 0.2) is 0 Å². The smallest absolute Gasteiger partial charge is 0.317 e. The lowest BCUT2D eigenvalue weighted by Gasteiger charge is -2.47. The summed E-state index contributed by atoms with van der Waals surface area (Å²) in [6.45, 7) is 1.11. The van der Waals surface area contributed by atoms with Crippen molar-refractivity contribution in [2.75, 3.05) is 25.0 Å². The Morgan fingerprint density at radius 3 is 2.61 bits per heavy atom. The number of nitrogens with one attached hydrogen (secondary N) is 1. The fraction of sp³-hybridized carbons (Fsp3) is 0.417. The van der Waals surface area contributed by atoms with Gasteiger partial charge in [0.2, 0.25) is 5.91 Å². The molecule has 1 aliphatic carbocycles. The highest BCUT2D eigenvalue weighted by molar-refractivity contribution is 6.31. The second kappa shape index (κ2) is 8.87. The molecule has 6 nitrogen and oxygen atoms in total. The molecule has 0 radical (unpaired) electrons. The summed E-state index contributed by atoms with van der Waals surface area (Å²) in [5.41, 5.74) is 0.906. The summed E-state index contributed by atoms with van der Waals surface area (Å²) in [5.74, 6) is -1.81. The minimum absolute atomic E-state index is 0.0113. The summed E-state index contributed by atoms with van der Waals surface area (Å²) in [6.07, 6.45) is 2.21. The Kier molecular flexibility index (Phi) is 6.07. The van der Waals surface area contributed by atoms with Gasteiger partial charge in [-0.3, -0.25) is 19.4 Å². The van der Waals surface area contributed by atoms with Gasteiger partial charge in [-0.15, -0.1) is 0 Å². The lowest BCUT2D eigenvalue weighted by Crippen LogP contribution is -2.64. The summed E-state index contributed by atoms with van der Waals surface area (Å²) in [4.78, 5) is 29.1. The lowest BCUT2D eigenvalue weighted by atomic mass is 9.81. The van der Waals surface area contributed by atoms with Crippen molar-refractivity contribution >= 4 is 40.8 Å². The van der Waals surface area contributed by atoms with Crippen LogP contribution in [-0.2, 0) is 9.59 Å². The molecular formula is C24H24Cl2FN3O3. The Balaban J connectivity index is 1.54. The lowest BCUT2D eigenvalue weighted by molar-refractivity contribution is -0.141. The highest BCUT2D eigenvalue weighted by Gasteiger charge is 2.61. The number of amides is 1. The van der Waals surface area contributed by atoms with Gasteiger partial charge >= 0.3 is 5.97 Å². The van der Waals surface area contributed by atoms with E-state index in [4.69, 9.17) is 23.2 Å². The third-order valence-corrected chi connectivity index (χ3v) is 7.46. The largest absolute Gasteiger partial charge is 0.480 e. The molecule has 1 amide bonds. The summed E-state index contributed by atoms with van der Waals surface area (Å²) in [5, 5.41) is 12.8. The van der Waals surface area contributed by atoms with Crippen LogP contribution in [0.3, 0.4) is 0 Å². The molecule has 174 valence electrons. The number of carboxylic acids is 1. The number of rotatable bonds is 7. The zero-order chi connectivity index (χ0) is 23.3. The minimum Gasteiger partial charge on any atom is -0.480 e. The second-order valence-electron chi connectivity index (χ2n) is 9.13. The van der Waals surface area contributed by atoms with Gasteiger partial charge < -0.3 is 10.4 Å². The molecule has 4 atom stereocenters. The monoisotopic (exact) mass is 491 g/mol. The van der Waals surface area contributed by atoms with Gasteiger partial charge in [-0.1, -0.05) is 41.4 Å². The zero-order valence-corrected chi connectivity index (χ0v) is 19.3. The topological polar surface area (TPSA) is 72.9 Å². The number of halogens is 3. The van der Waals surface area contributed by atoms with Gasteiger partial charge in [-0.05, 0) is 48.6 Å². The SMILES string of the molecule is O=C(O)CN1CC2C1C(c1cccc(Cl)c1F)C(C(=O)Nc1cccc(Cl)c1)N2CC1CC1. The molecule has 2 saturated heterocycles. The van der Waals surface area contributed by atoms with E-state index in [1.54, 1.807) is 36.4 Å². The molecule has 2 N–H and O–H groups in total. The summed E-state index contributed by atoms with van der Waals surface area (Å²) < 4.78 is 15.3. The van der Waals surface area contributed by atoms with E-state index in [1.807, 2.05) is 4.90 Å². The molecule has 2 heterocycles. The molecule has 1 saturated carbocycles. The predicted octanol–water partition coefficient (Wildman–Crippen LogP) is 4.09. The Hall–Kier alpha value is -2.19. The van der Waals surface area contributed by atoms with Crippen molar-refractivity contribution in [2.24, 2.45) is 5.92 Å². The number of nitrogens with zero attached hydrogens (tertiary/aromatic N) is 2. The van der Waals surface area contributed by atoms with Crippen LogP contribution in [0, 0.1) is 11.7 Å². The maximum Gasteiger partial charge on any atom is 0.317 e. The molecule has 2 aromatic rings. The van der Waals surface area contributed by atoms with E-state index in [2.05, 4.69) is 10.2 Å². The van der Waals surface area contributed by atoms with Crippen molar-refractivity contribution < 1.29 is 19.1 Å². The number of likely N-dealkylation sites (tertiary alicyclic amines) is 2. The van der Waals surface area contributed by atoms with Crippen LogP contribution < -0.4 is 5.32 Å². The molecule has 0 aromatic heterocycles. The third kappa shape index (κ3) is 4.35. The number of carboxylic acid groups (broad SMARTS) is 1. The predicted molar refractivity (Wildman–Crippen MR) is 124 cm³/mol. The van der Waals surface area contributed by atoms with Crippen LogP contribution in [0.2, 0.25) is 10.0 Å². The average Bonchev–Trinajstić information content (AvgIpc) is 3.51. The van der Waals surface area contributed by atoms with E-state index in [1.165, 1.54) is 6.07 Å². The first-order valence-electron chi connectivity index (χ1n) is 11.1. The number of benzene rings is 2. The van der Waals surface area contributed by atoms with Crippen LogP contribution >= 0.6 is 23.2 Å². The van der Waals surface area contributed by atoms with Crippen LogP contribution in [0.25, 0.3) is 0 Å². The number of carbonyl (C=O) groups is 2. The first kappa shape index (κ1) is 22.6. The molecule has 2 aliphatic heterocycles. The quantitative estimate of drug-likeness (QED) is 0.610. The standard InChI is InChI=1S/C24H24Cl2FN3O3/c25-14-3-1-4-15(9-14)28-24(33)23-20(16-5-2-6-17(26)21(16)27)22-18(11-29(22)12-19(31)32)30(23)10-13-7-8-13/h1-6,9,13,18,20,22-23H,7-8,10-12H2,(H,28,33)(H,31,32). The summed E-state index contributed by atoms with van der Waals surface area (Å²) in [7, 11) is 0. The molecule has 0 bridgehead atoms. The van der Waals surface area contributed by atoms with Gasteiger partial charge in [-0.2, -0.15) is 0 Å². The Bertz CT molecular complexity index is 1100. The number of hydrogen-bond donors (Lipinski definition) is 2. The van der Waals surface area contributed by atoms with Crippen molar-refractivity contribution in [3.63, 3.8) is 0 Å². The molecule has 5 rings (SSSR count). The molecule has 3 aliphatic rings. The highest BCUT2D eigenvalue weighted by Crippen LogP contribution is 2.49. The van der Waals surface area contributed by atoms with Crippen molar-refractivity contribution in [2.45, 2.75) is 36.9 Å². The van der Waals surface area contributed by atoms with E-state index < -0.39 is 23.7 Å². The van der Waals surface area contributed by atoms with Gasteiger partial charge in [0.05, 0.1) is 17.6 Å². The molecular weight excluding hydrogens is 468 g/mol. The first-order chi connectivity index (χ1) is 15.8. The third-order valence-electron chi connectivity index (χ3n) is 6.93. The molecule has 2 aromatic carbocycles. The molecule has 4 unspecified atom stereocenters. The van der Waals surface area contributed by atoms with Crippen LogP contribution in [0.4, 0.5) is 10.1 Å². The minimum atomic E-state index is -0.945. The van der Waals surface area contributed by atoms with Crippen LogP contribution in [0.5, 0.6) is 0 Å². The molecule has 9 heteroatoms. The van der Waals surface area contributed by atoms with Crippen molar-refractivity contribution in [3.05, 3.63) is 63.9 Å². The normalized spacial score (nSPS) is 27.1. The molecule has 3 fully saturated rings. The molecule has 0 spiro atoms. The van der Waals surface area contributed by atoms with Gasteiger partial charge in [0, 0.05) is 41.8 Å². The summed E-state index contributed by atoms with van der Waals surface area (Å²) in [6, 6.07) is 10.7. The Labute approximate surface area is 201 Å². The van der Waals surface area contributed by atoms with E-state index in [0.717, 1.165) is 19.4 Å². The number of carbonyl (C=O) groups excluding carboxylic acids is 1. The van der Waals surface area contributed by atoms with Crippen LogP contribution in [0.15, 0.2) is 42.5 Å². The summed E-state index contributed by atoms with van der Waals surface area (Å²) >= 11 is 12.2. The second-order valence-corrected chi connectivity index (χ2v) is 9.98. The maximum absolute atomic E-state index is 15.3. The van der Waals surface area contributed by atoms with Crippen LogP contribution in [0.1, 0.15) is 24.3 Å². The van der Waals surface area contributed by atoms with E-state index in [-0.39, 0.29) is 29.6 Å². The maximum atomic E-state index is 15.3. The van der Waals surface area contributed by atoms with E-state index >= 15 is 4.39 Å². The fourth-order valence-corrected chi connectivity index (χ4v) is 5.73. The van der Waals surface area contributed by atoms with E-state index in [9.17, 15) is 14.7 Å². The Morgan fingerprint density at radius 2 is 1.91 bits per heavy atom. The average molecular weight is 492 g/mol. The Morgan fingerprint density at radius 1 is 1.15 bits per heavy atom. The number of aliphatic carboxylic acids is 1. The fourth-order valence-electron chi connectivity index (χ4n) is 5.36. The van der Waals surface area contributed by atoms with Crippen LogP contribution in [-0.4, -0.2) is 64.5 Å². The van der Waals surface area contributed by atoms with Gasteiger partial charge in [0.1, 0.15) is 5.82 Å². The van der Waals surface area contributed by atoms with Crippen molar-refractivity contribution in [3.8, 4) is 0 Å². The number of fused-ring (bicyclic) bond motifs is 1. The van der Waals surface area contributed by atoms with Crippen molar-refractivity contribution in [1.29, 1.82) is 0 Å². The van der Waals surface area contributed by atoms with E-state index in [0.29, 0.717) is 28.7 Å². The number of anilines is 1. The van der Waals surface area contributed by atoms with Gasteiger partial charge in [-0.25, -0.2) is 4.39 Å². The van der Waals surface area contributed by atoms with Gasteiger partial charge in [0.25, 0.3) is 0 Å². The van der Waals surface area contributed by atoms with Crippen molar-refractivity contribution in [1.82, 2.24) is 9.80 Å². The number of hydrogen-bond acceptors (Lipinski definition) is 4.